The van der Waals surface area contributed by atoms with Gasteiger partial charge in [-0.1, -0.05) is 13.8 Å². The van der Waals surface area contributed by atoms with Crippen molar-refractivity contribution in [3.8, 4) is 0 Å². The SMILES string of the molecule is CC(C)C(O)C(N)C(C)(C)N. The molecular weight excluding hydrogens is 140 g/mol. The zero-order chi connectivity index (χ0) is 9.23. The van der Waals surface area contributed by atoms with Gasteiger partial charge in [-0.05, 0) is 19.8 Å². The molecule has 0 fully saturated rings. The van der Waals surface area contributed by atoms with E-state index in [-0.39, 0.29) is 12.0 Å². The largest absolute Gasteiger partial charge is 0.391 e. The van der Waals surface area contributed by atoms with Crippen LogP contribution in [0, 0.1) is 5.92 Å². The maximum atomic E-state index is 9.53. The molecule has 0 aliphatic rings. The van der Waals surface area contributed by atoms with Gasteiger partial charge in [-0.2, -0.15) is 0 Å². The van der Waals surface area contributed by atoms with Gasteiger partial charge < -0.3 is 16.6 Å². The Kier molecular flexibility index (Phi) is 3.48. The van der Waals surface area contributed by atoms with Gasteiger partial charge in [-0.25, -0.2) is 0 Å². The number of nitrogens with two attached hydrogens (primary N) is 2. The average Bonchev–Trinajstić information content (AvgIpc) is 1.82. The first-order valence-corrected chi connectivity index (χ1v) is 3.99. The normalized spacial score (nSPS) is 18.5. The minimum Gasteiger partial charge on any atom is -0.391 e. The topological polar surface area (TPSA) is 72.3 Å². The van der Waals surface area contributed by atoms with Crippen LogP contribution in [0.4, 0.5) is 0 Å². The fourth-order valence-corrected chi connectivity index (χ4v) is 0.855. The summed E-state index contributed by atoms with van der Waals surface area (Å²) in [7, 11) is 0. The molecule has 3 heteroatoms. The van der Waals surface area contributed by atoms with E-state index in [0.29, 0.717) is 0 Å². The number of rotatable bonds is 3. The highest BCUT2D eigenvalue weighted by atomic mass is 16.3. The summed E-state index contributed by atoms with van der Waals surface area (Å²) in [5, 5.41) is 9.53. The van der Waals surface area contributed by atoms with Crippen LogP contribution in [0.1, 0.15) is 27.7 Å². The summed E-state index contributed by atoms with van der Waals surface area (Å²) in [5.74, 6) is 0.160. The van der Waals surface area contributed by atoms with Crippen molar-refractivity contribution in [3.05, 3.63) is 0 Å². The van der Waals surface area contributed by atoms with Crippen molar-refractivity contribution < 1.29 is 5.11 Å². The van der Waals surface area contributed by atoms with Crippen molar-refractivity contribution in [1.82, 2.24) is 0 Å². The van der Waals surface area contributed by atoms with E-state index in [1.165, 1.54) is 0 Å². The van der Waals surface area contributed by atoms with E-state index in [4.69, 9.17) is 11.5 Å². The Balaban J connectivity index is 4.13. The summed E-state index contributed by atoms with van der Waals surface area (Å²) in [6, 6.07) is -0.359. The molecule has 0 heterocycles. The van der Waals surface area contributed by atoms with E-state index in [1.54, 1.807) is 0 Å². The summed E-state index contributed by atoms with van der Waals surface area (Å²) in [6.45, 7) is 7.50. The Morgan fingerprint density at radius 3 is 1.73 bits per heavy atom. The van der Waals surface area contributed by atoms with Crippen LogP contribution in [0.3, 0.4) is 0 Å². The fraction of sp³-hybridized carbons (Fsp3) is 1.00. The molecule has 0 amide bonds. The van der Waals surface area contributed by atoms with Crippen LogP contribution in [0.2, 0.25) is 0 Å². The van der Waals surface area contributed by atoms with Gasteiger partial charge >= 0.3 is 0 Å². The molecule has 0 aromatic carbocycles. The lowest BCUT2D eigenvalue weighted by Crippen LogP contribution is -2.57. The second kappa shape index (κ2) is 3.52. The van der Waals surface area contributed by atoms with Gasteiger partial charge in [0.1, 0.15) is 0 Å². The van der Waals surface area contributed by atoms with Crippen molar-refractivity contribution in [2.24, 2.45) is 17.4 Å². The lowest BCUT2D eigenvalue weighted by atomic mass is 9.87. The zero-order valence-electron chi connectivity index (χ0n) is 7.83. The number of hydrogen-bond acceptors (Lipinski definition) is 3. The van der Waals surface area contributed by atoms with E-state index in [0.717, 1.165) is 0 Å². The average molecular weight is 160 g/mol. The Morgan fingerprint density at radius 2 is 1.64 bits per heavy atom. The number of aliphatic hydroxyl groups is 1. The molecule has 0 radical (unpaired) electrons. The van der Waals surface area contributed by atoms with Gasteiger partial charge in [0.2, 0.25) is 0 Å². The quantitative estimate of drug-likeness (QED) is 0.547. The lowest BCUT2D eigenvalue weighted by molar-refractivity contribution is 0.0735. The molecule has 5 N–H and O–H groups in total. The van der Waals surface area contributed by atoms with Crippen molar-refractivity contribution in [2.75, 3.05) is 0 Å². The molecule has 0 spiro atoms. The Hall–Kier alpha value is -0.120. The van der Waals surface area contributed by atoms with Crippen molar-refractivity contribution >= 4 is 0 Å². The lowest BCUT2D eigenvalue weighted by Gasteiger charge is -2.32. The fourth-order valence-electron chi connectivity index (χ4n) is 0.855. The molecule has 0 saturated heterocycles. The van der Waals surface area contributed by atoms with Gasteiger partial charge in [0.15, 0.2) is 0 Å². The Labute approximate surface area is 68.8 Å². The molecule has 11 heavy (non-hydrogen) atoms. The van der Waals surface area contributed by atoms with Gasteiger partial charge in [-0.3, -0.25) is 0 Å². The third kappa shape index (κ3) is 3.18. The van der Waals surface area contributed by atoms with Crippen molar-refractivity contribution in [2.45, 2.75) is 45.4 Å². The van der Waals surface area contributed by atoms with E-state index in [2.05, 4.69) is 0 Å². The molecule has 68 valence electrons. The smallest absolute Gasteiger partial charge is 0.0731 e. The van der Waals surface area contributed by atoms with E-state index >= 15 is 0 Å². The first-order chi connectivity index (χ1) is 4.76. The first kappa shape index (κ1) is 10.9. The van der Waals surface area contributed by atoms with Crippen LogP contribution in [-0.4, -0.2) is 22.8 Å². The zero-order valence-corrected chi connectivity index (χ0v) is 7.83. The molecule has 0 aromatic heterocycles. The monoisotopic (exact) mass is 160 g/mol. The van der Waals surface area contributed by atoms with E-state index in [1.807, 2.05) is 27.7 Å². The molecular formula is C8H20N2O. The minimum absolute atomic E-state index is 0.160. The molecule has 0 aliphatic carbocycles. The van der Waals surface area contributed by atoms with Gasteiger partial charge in [0.25, 0.3) is 0 Å². The second-order valence-corrected chi connectivity index (χ2v) is 4.08. The molecule has 0 bridgehead atoms. The van der Waals surface area contributed by atoms with E-state index in [9.17, 15) is 5.11 Å². The molecule has 3 nitrogen and oxygen atoms in total. The van der Waals surface area contributed by atoms with Gasteiger partial charge in [0.05, 0.1) is 6.10 Å². The number of aliphatic hydroxyl groups excluding tert-OH is 1. The van der Waals surface area contributed by atoms with E-state index < -0.39 is 11.6 Å². The molecule has 0 saturated carbocycles. The molecule has 0 aliphatic heterocycles. The highest BCUT2D eigenvalue weighted by Crippen LogP contribution is 2.12. The van der Waals surface area contributed by atoms with Crippen molar-refractivity contribution in [3.63, 3.8) is 0 Å². The third-order valence-electron chi connectivity index (χ3n) is 1.91. The van der Waals surface area contributed by atoms with Crippen LogP contribution in [0.5, 0.6) is 0 Å². The van der Waals surface area contributed by atoms with Gasteiger partial charge in [0, 0.05) is 11.6 Å². The van der Waals surface area contributed by atoms with Crippen LogP contribution in [-0.2, 0) is 0 Å². The summed E-state index contributed by atoms with van der Waals surface area (Å²) in [6.07, 6.45) is -0.519. The molecule has 2 atom stereocenters. The predicted octanol–water partition coefficient (Wildman–Crippen LogP) is 0.0679. The maximum absolute atomic E-state index is 9.53. The van der Waals surface area contributed by atoms with Crippen LogP contribution in [0.25, 0.3) is 0 Å². The Bertz CT molecular complexity index is 118. The number of hydrogen-bond donors (Lipinski definition) is 3. The van der Waals surface area contributed by atoms with Gasteiger partial charge in [-0.15, -0.1) is 0 Å². The molecule has 0 rings (SSSR count). The standard InChI is InChI=1S/C8H20N2O/c1-5(2)6(11)7(9)8(3,4)10/h5-7,11H,9-10H2,1-4H3. The maximum Gasteiger partial charge on any atom is 0.0731 e. The summed E-state index contributed by atoms with van der Waals surface area (Å²) >= 11 is 0. The predicted molar refractivity (Wildman–Crippen MR) is 47.1 cm³/mol. The van der Waals surface area contributed by atoms with Crippen molar-refractivity contribution in [1.29, 1.82) is 0 Å². The summed E-state index contributed by atoms with van der Waals surface area (Å²) in [5.41, 5.74) is 10.9. The molecule has 2 unspecified atom stereocenters. The van der Waals surface area contributed by atoms with Crippen LogP contribution >= 0.6 is 0 Å². The Morgan fingerprint density at radius 1 is 1.27 bits per heavy atom. The summed E-state index contributed by atoms with van der Waals surface area (Å²) < 4.78 is 0. The first-order valence-electron chi connectivity index (χ1n) is 3.99. The third-order valence-corrected chi connectivity index (χ3v) is 1.91. The summed E-state index contributed by atoms with van der Waals surface area (Å²) in [4.78, 5) is 0. The highest BCUT2D eigenvalue weighted by molar-refractivity contribution is 4.91. The van der Waals surface area contributed by atoms with Crippen LogP contribution in [0.15, 0.2) is 0 Å². The molecule has 0 aromatic rings. The second-order valence-electron chi connectivity index (χ2n) is 4.08. The highest BCUT2D eigenvalue weighted by Gasteiger charge is 2.29. The van der Waals surface area contributed by atoms with Crippen LogP contribution < -0.4 is 11.5 Å². The minimum atomic E-state index is -0.519.